The van der Waals surface area contributed by atoms with E-state index in [0.717, 1.165) is 49.2 Å². The van der Waals surface area contributed by atoms with Crippen LogP contribution in [0.3, 0.4) is 0 Å². The number of ether oxygens (including phenoxy) is 4. The van der Waals surface area contributed by atoms with E-state index in [2.05, 4.69) is 10.2 Å². The van der Waals surface area contributed by atoms with E-state index in [1.54, 1.807) is 0 Å². The van der Waals surface area contributed by atoms with E-state index < -0.39 is 18.0 Å². The fourth-order valence-electron chi connectivity index (χ4n) is 5.69. The molecule has 5 rings (SSSR count). The van der Waals surface area contributed by atoms with Gasteiger partial charge in [-0.25, -0.2) is 0 Å². The summed E-state index contributed by atoms with van der Waals surface area (Å²) in [4.78, 5) is 25.3. The second-order valence-corrected chi connectivity index (χ2v) is 11.0. The molecule has 0 unspecified atom stereocenters. The van der Waals surface area contributed by atoms with Crippen molar-refractivity contribution in [2.75, 3.05) is 38.2 Å². The third kappa shape index (κ3) is 8.12. The number of hydrogen-bond donors (Lipinski definition) is 3. The maximum absolute atomic E-state index is 12.3. The fourth-order valence-corrected chi connectivity index (χ4v) is 5.69. The Bertz CT molecular complexity index is 1140. The zero-order chi connectivity index (χ0) is 28.7. The molecule has 0 bridgehead atoms. The zero-order valence-corrected chi connectivity index (χ0v) is 23.3. The number of nitrogens with zero attached hydrogens (tertiary/aromatic N) is 1. The summed E-state index contributed by atoms with van der Waals surface area (Å²) in [6, 6.07) is 15.3. The number of unbranched alkanes of at least 4 members (excludes halogenated alkanes) is 1. The van der Waals surface area contributed by atoms with E-state index in [0.29, 0.717) is 38.2 Å². The summed E-state index contributed by atoms with van der Waals surface area (Å²) in [5, 5.41) is 21.1. The second kappa shape index (κ2) is 13.9. The van der Waals surface area contributed by atoms with Crippen molar-refractivity contribution in [3.8, 4) is 0 Å². The van der Waals surface area contributed by atoms with Crippen LogP contribution >= 0.6 is 0 Å². The van der Waals surface area contributed by atoms with Crippen molar-refractivity contribution >= 4 is 17.6 Å². The molecular formula is C31H40N2O8. The van der Waals surface area contributed by atoms with Gasteiger partial charge in [0.25, 0.3) is 0 Å². The molecule has 3 aliphatic rings. The number of piperidine rings is 1. The Labute approximate surface area is 240 Å². The third-order valence-corrected chi connectivity index (χ3v) is 8.02. The molecule has 3 heterocycles. The van der Waals surface area contributed by atoms with Gasteiger partial charge in [-0.15, -0.1) is 0 Å². The second-order valence-electron chi connectivity index (χ2n) is 11.0. The van der Waals surface area contributed by atoms with E-state index in [-0.39, 0.29) is 37.6 Å². The van der Waals surface area contributed by atoms with Gasteiger partial charge in [0.1, 0.15) is 0 Å². The molecule has 0 aromatic heterocycles. The summed E-state index contributed by atoms with van der Waals surface area (Å²) < 4.78 is 24.7. The Hall–Kier alpha value is -2.86. The Morgan fingerprint density at radius 1 is 0.902 bits per heavy atom. The number of aliphatic hydroxyl groups is 1. The quantitative estimate of drug-likeness (QED) is 0.343. The molecule has 2 aromatic carbocycles. The molecule has 3 N–H and O–H groups in total. The number of nitrogens with one attached hydrogen (secondary N) is 1. The molecule has 3 atom stereocenters. The summed E-state index contributed by atoms with van der Waals surface area (Å²) in [5.41, 5.74) is 3.42. The first-order chi connectivity index (χ1) is 19.9. The minimum atomic E-state index is -0.850. The smallest absolute Gasteiger partial charge is 0.303 e. The van der Waals surface area contributed by atoms with Gasteiger partial charge in [-0.2, -0.15) is 0 Å². The molecule has 1 spiro atoms. The summed E-state index contributed by atoms with van der Waals surface area (Å²) >= 11 is 0. The first kappa shape index (κ1) is 29.6. The van der Waals surface area contributed by atoms with Crippen LogP contribution in [0.15, 0.2) is 48.5 Å². The van der Waals surface area contributed by atoms with Gasteiger partial charge in [0, 0.05) is 63.0 Å². The molecule has 1 amide bonds. The van der Waals surface area contributed by atoms with Gasteiger partial charge in [-0.05, 0) is 36.1 Å². The Balaban J connectivity index is 1.22. The van der Waals surface area contributed by atoms with Crippen molar-refractivity contribution in [3.05, 3.63) is 65.2 Å². The Morgan fingerprint density at radius 3 is 2.22 bits per heavy atom. The predicted octanol–water partition coefficient (Wildman–Crippen LogP) is 4.15. The maximum atomic E-state index is 12.3. The Kier molecular flexibility index (Phi) is 10.0. The van der Waals surface area contributed by atoms with Crippen LogP contribution in [-0.2, 0) is 35.1 Å². The van der Waals surface area contributed by atoms with Gasteiger partial charge in [0.05, 0.1) is 32.0 Å². The molecule has 41 heavy (non-hydrogen) atoms. The number of benzene rings is 2. The van der Waals surface area contributed by atoms with Crippen molar-refractivity contribution < 1.29 is 38.7 Å². The molecule has 10 nitrogen and oxygen atoms in total. The summed E-state index contributed by atoms with van der Waals surface area (Å²) in [6.45, 7) is 3.86. The Morgan fingerprint density at radius 2 is 1.56 bits per heavy atom. The van der Waals surface area contributed by atoms with Crippen LogP contribution in [0, 0.1) is 0 Å². The monoisotopic (exact) mass is 568 g/mol. The number of rotatable bonds is 11. The van der Waals surface area contributed by atoms with Crippen molar-refractivity contribution in [3.63, 3.8) is 0 Å². The third-order valence-electron chi connectivity index (χ3n) is 8.02. The van der Waals surface area contributed by atoms with Crippen LogP contribution < -0.4 is 5.32 Å². The van der Waals surface area contributed by atoms with Crippen LogP contribution in [-0.4, -0.2) is 71.7 Å². The predicted molar refractivity (Wildman–Crippen MR) is 150 cm³/mol. The molecule has 0 aliphatic carbocycles. The highest BCUT2D eigenvalue weighted by atomic mass is 16.7. The molecular weight excluding hydrogens is 528 g/mol. The first-order valence-electron chi connectivity index (χ1n) is 14.5. The lowest BCUT2D eigenvalue weighted by atomic mass is 9.98. The van der Waals surface area contributed by atoms with E-state index in [1.165, 1.54) is 0 Å². The molecule has 10 heteroatoms. The molecule has 3 aliphatic heterocycles. The molecule has 3 saturated heterocycles. The normalized spacial score (nSPS) is 24.4. The average Bonchev–Trinajstić information content (AvgIpc) is 3.45. The van der Waals surface area contributed by atoms with Gasteiger partial charge >= 0.3 is 5.97 Å². The lowest BCUT2D eigenvalue weighted by Gasteiger charge is -2.41. The average molecular weight is 569 g/mol. The minimum absolute atomic E-state index is 0.00470. The number of carbonyl (C=O) groups excluding carboxylic acids is 1. The molecule has 2 aromatic rings. The number of carboxylic acid groups (broad SMARTS) is 1. The molecule has 0 radical (unpaired) electrons. The summed E-state index contributed by atoms with van der Waals surface area (Å²) in [6.07, 6.45) is 2.95. The van der Waals surface area contributed by atoms with Crippen LogP contribution in [0.1, 0.15) is 74.0 Å². The van der Waals surface area contributed by atoms with E-state index in [4.69, 9.17) is 24.1 Å². The van der Waals surface area contributed by atoms with E-state index >= 15 is 0 Å². The first-order valence-corrected chi connectivity index (χ1v) is 14.5. The summed E-state index contributed by atoms with van der Waals surface area (Å²) in [7, 11) is 0. The van der Waals surface area contributed by atoms with Crippen molar-refractivity contribution in [2.24, 2.45) is 0 Å². The maximum Gasteiger partial charge on any atom is 0.303 e. The number of anilines is 1. The number of hydrogen-bond acceptors (Lipinski definition) is 8. The van der Waals surface area contributed by atoms with Crippen molar-refractivity contribution in [2.45, 2.75) is 75.8 Å². The van der Waals surface area contributed by atoms with Gasteiger partial charge in [0.15, 0.2) is 12.1 Å². The SMILES string of the molecule is O=C(O)CCCCC(=O)Nc1ccc([C@@H]2O[C@H](CN3CCC4(CC3)OCCO4)C[C@H](c3ccc(CO)cc3)O2)cc1. The van der Waals surface area contributed by atoms with Crippen molar-refractivity contribution in [1.29, 1.82) is 0 Å². The van der Waals surface area contributed by atoms with E-state index in [9.17, 15) is 14.7 Å². The highest BCUT2D eigenvalue weighted by Crippen LogP contribution is 2.39. The highest BCUT2D eigenvalue weighted by Gasteiger charge is 2.41. The standard InChI is InChI=1S/C31H40N2O8/c34-21-22-5-7-23(8-6-22)27-19-26(20-33-15-13-31(14-16-33)38-17-18-39-31)40-30(41-27)24-9-11-25(12-10-24)32-28(35)3-1-2-4-29(36)37/h5-12,26-27,30,34H,1-4,13-21H2,(H,32,35)(H,36,37)/t26-,27+,30+/m0/s1. The topological polar surface area (TPSA) is 127 Å². The van der Waals surface area contributed by atoms with Crippen molar-refractivity contribution in [1.82, 2.24) is 4.90 Å². The minimum Gasteiger partial charge on any atom is -0.481 e. The van der Waals surface area contributed by atoms with Crippen LogP contribution in [0.2, 0.25) is 0 Å². The lowest BCUT2D eigenvalue weighted by molar-refractivity contribution is -0.255. The zero-order valence-electron chi connectivity index (χ0n) is 23.3. The molecule has 222 valence electrons. The number of carboxylic acids is 1. The number of aliphatic hydroxyl groups excluding tert-OH is 1. The largest absolute Gasteiger partial charge is 0.481 e. The number of likely N-dealkylation sites (tertiary alicyclic amines) is 1. The van der Waals surface area contributed by atoms with Gasteiger partial charge < -0.3 is 39.4 Å². The summed E-state index contributed by atoms with van der Waals surface area (Å²) in [5.74, 6) is -1.41. The highest BCUT2D eigenvalue weighted by molar-refractivity contribution is 5.90. The fraction of sp³-hybridized carbons (Fsp3) is 0.548. The number of aliphatic carboxylic acids is 1. The van der Waals surface area contributed by atoms with Gasteiger partial charge in [-0.3, -0.25) is 9.59 Å². The molecule has 3 fully saturated rings. The van der Waals surface area contributed by atoms with Crippen LogP contribution in [0.25, 0.3) is 0 Å². The number of carbonyl (C=O) groups is 2. The van der Waals surface area contributed by atoms with Gasteiger partial charge in [0.2, 0.25) is 5.91 Å². The van der Waals surface area contributed by atoms with Crippen LogP contribution in [0.5, 0.6) is 0 Å². The number of amides is 1. The van der Waals surface area contributed by atoms with Gasteiger partial charge in [-0.1, -0.05) is 36.4 Å². The lowest BCUT2D eigenvalue weighted by Crippen LogP contribution is -2.48. The van der Waals surface area contributed by atoms with Crippen LogP contribution in [0.4, 0.5) is 5.69 Å². The van der Waals surface area contributed by atoms with E-state index in [1.807, 2.05) is 48.5 Å². The molecule has 0 saturated carbocycles.